The molecule has 0 saturated heterocycles. The molecule has 1 atom stereocenters. The summed E-state index contributed by atoms with van der Waals surface area (Å²) in [6.45, 7) is 2.99. The molecular weight excluding hydrogens is 220 g/mol. The molecule has 0 bridgehead atoms. The lowest BCUT2D eigenvalue weighted by Crippen LogP contribution is -2.26. The molecular formula is C12H16N2O3. The Labute approximate surface area is 99.8 Å². The van der Waals surface area contributed by atoms with Crippen LogP contribution in [-0.4, -0.2) is 30.3 Å². The molecule has 5 heteroatoms. The number of aliphatic hydroxyl groups excluding tert-OH is 1. The third kappa shape index (κ3) is 3.18. The van der Waals surface area contributed by atoms with Gasteiger partial charge in [-0.3, -0.25) is 4.79 Å². The summed E-state index contributed by atoms with van der Waals surface area (Å²) in [7, 11) is 0. The van der Waals surface area contributed by atoms with E-state index < -0.39 is 0 Å². The molecule has 0 aromatic heterocycles. The van der Waals surface area contributed by atoms with Crippen molar-refractivity contribution in [3.8, 4) is 5.75 Å². The number of carbonyl (C=O) groups is 1. The van der Waals surface area contributed by atoms with Crippen LogP contribution < -0.4 is 15.4 Å². The van der Waals surface area contributed by atoms with Gasteiger partial charge in [0.25, 0.3) is 5.91 Å². The standard InChI is InChI=1S/C12H16N2O3/c1-8(15)5-13-6-9-2-3-11-10(4-9)14-12(16)7-17-11/h2-4,8,13,15H,5-7H2,1H3,(H,14,16)/t8-/m0/s1. The molecule has 5 nitrogen and oxygen atoms in total. The number of anilines is 1. The molecule has 2 rings (SSSR count). The fraction of sp³-hybridized carbons (Fsp3) is 0.417. The molecule has 1 aromatic carbocycles. The van der Waals surface area contributed by atoms with E-state index in [-0.39, 0.29) is 18.6 Å². The van der Waals surface area contributed by atoms with Crippen LogP contribution >= 0.6 is 0 Å². The lowest BCUT2D eigenvalue weighted by atomic mass is 10.1. The van der Waals surface area contributed by atoms with Gasteiger partial charge in [0.05, 0.1) is 11.8 Å². The van der Waals surface area contributed by atoms with Gasteiger partial charge >= 0.3 is 0 Å². The van der Waals surface area contributed by atoms with E-state index in [0.29, 0.717) is 24.5 Å². The van der Waals surface area contributed by atoms with E-state index in [1.807, 2.05) is 18.2 Å². The Morgan fingerprint density at radius 2 is 2.41 bits per heavy atom. The lowest BCUT2D eigenvalue weighted by Gasteiger charge is -2.18. The number of fused-ring (bicyclic) bond motifs is 1. The molecule has 3 N–H and O–H groups in total. The van der Waals surface area contributed by atoms with Crippen LogP contribution in [0.1, 0.15) is 12.5 Å². The average Bonchev–Trinajstić information content (AvgIpc) is 2.28. The molecule has 0 radical (unpaired) electrons. The predicted molar refractivity (Wildman–Crippen MR) is 64.0 cm³/mol. The SMILES string of the molecule is C[C@H](O)CNCc1ccc2c(c1)NC(=O)CO2. The van der Waals surface area contributed by atoms with Crippen LogP contribution in [0.2, 0.25) is 0 Å². The summed E-state index contributed by atoms with van der Waals surface area (Å²) in [5.74, 6) is 0.565. The number of nitrogens with one attached hydrogen (secondary N) is 2. The van der Waals surface area contributed by atoms with Gasteiger partial charge in [-0.05, 0) is 24.6 Å². The maximum absolute atomic E-state index is 11.2. The number of rotatable bonds is 4. The van der Waals surface area contributed by atoms with Gasteiger partial charge in [-0.2, -0.15) is 0 Å². The summed E-state index contributed by atoms with van der Waals surface area (Å²) in [5.41, 5.74) is 1.74. The van der Waals surface area contributed by atoms with Crippen molar-refractivity contribution >= 4 is 11.6 Å². The van der Waals surface area contributed by atoms with Crippen molar-refractivity contribution in [1.82, 2.24) is 5.32 Å². The first-order chi connectivity index (χ1) is 8.15. The number of aliphatic hydroxyl groups is 1. The molecule has 0 spiro atoms. The Hall–Kier alpha value is -1.59. The quantitative estimate of drug-likeness (QED) is 0.711. The molecule has 1 aliphatic rings. The molecule has 0 aliphatic carbocycles. The predicted octanol–water partition coefficient (Wildman–Crippen LogP) is 0.488. The highest BCUT2D eigenvalue weighted by molar-refractivity contribution is 5.95. The number of amides is 1. The number of hydrogen-bond donors (Lipinski definition) is 3. The highest BCUT2D eigenvalue weighted by Crippen LogP contribution is 2.28. The first kappa shape index (κ1) is 11.9. The van der Waals surface area contributed by atoms with Crippen molar-refractivity contribution in [2.24, 2.45) is 0 Å². The van der Waals surface area contributed by atoms with E-state index in [1.165, 1.54) is 0 Å². The second kappa shape index (κ2) is 5.16. The molecule has 92 valence electrons. The van der Waals surface area contributed by atoms with Gasteiger partial charge in [0, 0.05) is 13.1 Å². The van der Waals surface area contributed by atoms with Crippen molar-refractivity contribution in [2.75, 3.05) is 18.5 Å². The zero-order chi connectivity index (χ0) is 12.3. The lowest BCUT2D eigenvalue weighted by molar-refractivity contribution is -0.118. The van der Waals surface area contributed by atoms with E-state index in [1.54, 1.807) is 6.92 Å². The zero-order valence-electron chi connectivity index (χ0n) is 9.69. The van der Waals surface area contributed by atoms with Crippen LogP contribution in [0, 0.1) is 0 Å². The fourth-order valence-electron chi connectivity index (χ4n) is 1.67. The largest absolute Gasteiger partial charge is 0.482 e. The number of ether oxygens (including phenoxy) is 1. The summed E-state index contributed by atoms with van der Waals surface area (Å²) in [6, 6.07) is 5.65. The third-order valence-corrected chi connectivity index (χ3v) is 2.45. The van der Waals surface area contributed by atoms with Crippen molar-refractivity contribution in [3.63, 3.8) is 0 Å². The Balaban J connectivity index is 2.00. The van der Waals surface area contributed by atoms with Crippen molar-refractivity contribution in [3.05, 3.63) is 23.8 Å². The van der Waals surface area contributed by atoms with Gasteiger partial charge in [0.15, 0.2) is 6.61 Å². The summed E-state index contributed by atoms with van der Waals surface area (Å²) < 4.78 is 5.26. The Kier molecular flexibility index (Phi) is 3.61. The van der Waals surface area contributed by atoms with Crippen LogP contribution in [0.25, 0.3) is 0 Å². The van der Waals surface area contributed by atoms with Crippen LogP contribution in [0.3, 0.4) is 0 Å². The Morgan fingerprint density at radius 1 is 1.59 bits per heavy atom. The Morgan fingerprint density at radius 3 is 3.18 bits per heavy atom. The number of hydrogen-bond acceptors (Lipinski definition) is 4. The van der Waals surface area contributed by atoms with Gasteiger partial charge in [0.2, 0.25) is 0 Å². The van der Waals surface area contributed by atoms with Crippen molar-refractivity contribution in [2.45, 2.75) is 19.6 Å². The maximum atomic E-state index is 11.2. The molecule has 0 fully saturated rings. The average molecular weight is 236 g/mol. The summed E-state index contributed by atoms with van der Waals surface area (Å²) >= 11 is 0. The van der Waals surface area contributed by atoms with Crippen LogP contribution in [0.15, 0.2) is 18.2 Å². The smallest absolute Gasteiger partial charge is 0.262 e. The second-order valence-electron chi connectivity index (χ2n) is 4.15. The minimum Gasteiger partial charge on any atom is -0.482 e. The van der Waals surface area contributed by atoms with Crippen LogP contribution in [0.5, 0.6) is 5.75 Å². The van der Waals surface area contributed by atoms with Crippen LogP contribution in [0.4, 0.5) is 5.69 Å². The van der Waals surface area contributed by atoms with E-state index in [2.05, 4.69) is 10.6 Å². The monoisotopic (exact) mass is 236 g/mol. The van der Waals surface area contributed by atoms with Gasteiger partial charge in [-0.15, -0.1) is 0 Å². The molecule has 1 amide bonds. The van der Waals surface area contributed by atoms with E-state index >= 15 is 0 Å². The second-order valence-corrected chi connectivity index (χ2v) is 4.15. The van der Waals surface area contributed by atoms with Gasteiger partial charge in [-0.1, -0.05) is 6.07 Å². The molecule has 0 saturated carbocycles. The van der Waals surface area contributed by atoms with E-state index in [0.717, 1.165) is 5.56 Å². The van der Waals surface area contributed by atoms with Crippen molar-refractivity contribution in [1.29, 1.82) is 0 Å². The molecule has 0 unspecified atom stereocenters. The zero-order valence-corrected chi connectivity index (χ0v) is 9.69. The van der Waals surface area contributed by atoms with Crippen LogP contribution in [-0.2, 0) is 11.3 Å². The Bertz CT molecular complexity index is 418. The van der Waals surface area contributed by atoms with Gasteiger partial charge in [-0.25, -0.2) is 0 Å². The van der Waals surface area contributed by atoms with Gasteiger partial charge < -0.3 is 20.5 Å². The summed E-state index contributed by atoms with van der Waals surface area (Å²) in [5, 5.41) is 15.0. The highest BCUT2D eigenvalue weighted by atomic mass is 16.5. The molecule has 1 aromatic rings. The maximum Gasteiger partial charge on any atom is 0.262 e. The van der Waals surface area contributed by atoms with Crippen molar-refractivity contribution < 1.29 is 14.6 Å². The number of carbonyl (C=O) groups excluding carboxylic acids is 1. The molecule has 17 heavy (non-hydrogen) atoms. The normalized spacial score (nSPS) is 15.8. The topological polar surface area (TPSA) is 70.6 Å². The first-order valence-corrected chi connectivity index (χ1v) is 5.59. The molecule has 1 aliphatic heterocycles. The minimum absolute atomic E-state index is 0.0760. The third-order valence-electron chi connectivity index (χ3n) is 2.45. The summed E-state index contributed by atoms with van der Waals surface area (Å²) in [4.78, 5) is 11.2. The van der Waals surface area contributed by atoms with Gasteiger partial charge in [0.1, 0.15) is 5.75 Å². The highest BCUT2D eigenvalue weighted by Gasteiger charge is 2.15. The van der Waals surface area contributed by atoms with E-state index in [4.69, 9.17) is 9.84 Å². The first-order valence-electron chi connectivity index (χ1n) is 5.59. The number of benzene rings is 1. The van der Waals surface area contributed by atoms with E-state index in [9.17, 15) is 4.79 Å². The summed E-state index contributed by atoms with van der Waals surface area (Å²) in [6.07, 6.45) is -0.365. The fourth-order valence-corrected chi connectivity index (χ4v) is 1.67. The molecule has 1 heterocycles. The minimum atomic E-state index is -0.365.